The zero-order valence-electron chi connectivity index (χ0n) is 11.7. The van der Waals surface area contributed by atoms with E-state index < -0.39 is 0 Å². The summed E-state index contributed by atoms with van der Waals surface area (Å²) in [5.74, 6) is 0.493. The largest absolute Gasteiger partial charge is 0.337 e. The summed E-state index contributed by atoms with van der Waals surface area (Å²) in [6.45, 7) is 12.0. The van der Waals surface area contributed by atoms with E-state index in [9.17, 15) is 4.79 Å². The van der Waals surface area contributed by atoms with E-state index in [2.05, 4.69) is 41.1 Å². The number of carbonyl (C=O) groups is 1. The van der Waals surface area contributed by atoms with Crippen LogP contribution in [0.5, 0.6) is 0 Å². The second-order valence-corrected chi connectivity index (χ2v) is 5.26. The molecule has 1 fully saturated rings. The van der Waals surface area contributed by atoms with Crippen LogP contribution < -0.4 is 0 Å². The van der Waals surface area contributed by atoms with Crippen LogP contribution >= 0.6 is 0 Å². The predicted octanol–water partition coefficient (Wildman–Crippen LogP) is 1.29. The molecule has 0 unspecified atom stereocenters. The number of piperazine rings is 1. The minimum atomic E-state index is 0.0318. The Morgan fingerprint density at radius 3 is 2.63 bits per heavy atom. The molecule has 1 aromatic rings. The van der Waals surface area contributed by atoms with Crippen molar-refractivity contribution in [1.29, 1.82) is 0 Å². The molecule has 0 atom stereocenters. The molecule has 2 heterocycles. The maximum Gasteiger partial charge on any atom is 0.246 e. The zero-order valence-corrected chi connectivity index (χ0v) is 11.7. The second-order valence-electron chi connectivity index (χ2n) is 5.26. The highest BCUT2D eigenvalue weighted by Crippen LogP contribution is 2.11. The van der Waals surface area contributed by atoms with Gasteiger partial charge in [0.05, 0.1) is 18.7 Å². The molecule has 0 spiro atoms. The fraction of sp³-hybridized carbons (Fsp3) is 0.571. The first-order valence-electron chi connectivity index (χ1n) is 6.75. The number of carbonyl (C=O) groups excluding carboxylic acids is 1. The molecule has 0 bridgehead atoms. The summed E-state index contributed by atoms with van der Waals surface area (Å²) in [7, 11) is 0. The van der Waals surface area contributed by atoms with Gasteiger partial charge in [-0.05, 0) is 12.0 Å². The Hall–Kier alpha value is -1.62. The van der Waals surface area contributed by atoms with Crippen molar-refractivity contribution in [3.63, 3.8) is 0 Å². The van der Waals surface area contributed by atoms with Crippen LogP contribution in [0.25, 0.3) is 0 Å². The van der Waals surface area contributed by atoms with Gasteiger partial charge in [-0.25, -0.2) is 4.98 Å². The van der Waals surface area contributed by atoms with E-state index in [0.29, 0.717) is 5.92 Å². The minimum absolute atomic E-state index is 0.0318. The highest BCUT2D eigenvalue weighted by molar-refractivity contribution is 5.87. The minimum Gasteiger partial charge on any atom is -0.337 e. The number of imidazole rings is 1. The van der Waals surface area contributed by atoms with Crippen LogP contribution in [0.3, 0.4) is 0 Å². The maximum atomic E-state index is 11.5. The van der Waals surface area contributed by atoms with Crippen molar-refractivity contribution in [3.8, 4) is 0 Å². The van der Waals surface area contributed by atoms with Gasteiger partial charge < -0.3 is 9.47 Å². The molecule has 0 N–H and O–H groups in total. The van der Waals surface area contributed by atoms with E-state index in [1.807, 2.05) is 11.2 Å². The first-order chi connectivity index (χ1) is 9.10. The SMILES string of the molecule is C=CC(=O)N1CCN(Cn2cnc(C(C)C)c2)CC1. The molecule has 19 heavy (non-hydrogen) atoms. The van der Waals surface area contributed by atoms with E-state index in [1.165, 1.54) is 6.08 Å². The highest BCUT2D eigenvalue weighted by Gasteiger charge is 2.19. The summed E-state index contributed by atoms with van der Waals surface area (Å²) in [6.07, 6.45) is 5.38. The Morgan fingerprint density at radius 1 is 1.42 bits per heavy atom. The van der Waals surface area contributed by atoms with E-state index in [0.717, 1.165) is 38.5 Å². The third-order valence-corrected chi connectivity index (χ3v) is 3.47. The maximum absolute atomic E-state index is 11.5. The van der Waals surface area contributed by atoms with Gasteiger partial charge in [-0.2, -0.15) is 0 Å². The topological polar surface area (TPSA) is 41.4 Å². The summed E-state index contributed by atoms with van der Waals surface area (Å²) < 4.78 is 2.11. The normalized spacial score (nSPS) is 16.9. The van der Waals surface area contributed by atoms with E-state index in [-0.39, 0.29) is 5.91 Å². The van der Waals surface area contributed by atoms with Gasteiger partial charge in [0.15, 0.2) is 0 Å². The Morgan fingerprint density at radius 2 is 2.11 bits per heavy atom. The first-order valence-corrected chi connectivity index (χ1v) is 6.75. The molecule has 0 saturated carbocycles. The van der Waals surface area contributed by atoms with Crippen molar-refractivity contribution in [3.05, 3.63) is 30.9 Å². The molecule has 1 aliphatic rings. The monoisotopic (exact) mass is 262 g/mol. The van der Waals surface area contributed by atoms with E-state index in [4.69, 9.17) is 0 Å². The molecule has 104 valence electrons. The molecule has 1 aliphatic heterocycles. The number of rotatable bonds is 4. The van der Waals surface area contributed by atoms with Crippen LogP contribution in [0.15, 0.2) is 25.2 Å². The van der Waals surface area contributed by atoms with Crippen LogP contribution in [-0.4, -0.2) is 51.4 Å². The third-order valence-electron chi connectivity index (χ3n) is 3.47. The van der Waals surface area contributed by atoms with Crippen molar-refractivity contribution in [2.75, 3.05) is 26.2 Å². The Labute approximate surface area is 114 Å². The average molecular weight is 262 g/mol. The second kappa shape index (κ2) is 6.02. The number of amides is 1. The lowest BCUT2D eigenvalue weighted by Crippen LogP contribution is -2.48. The molecule has 2 rings (SSSR count). The first kappa shape index (κ1) is 13.8. The molecule has 0 radical (unpaired) electrons. The Balaban J connectivity index is 1.85. The predicted molar refractivity (Wildman–Crippen MR) is 74.7 cm³/mol. The summed E-state index contributed by atoms with van der Waals surface area (Å²) in [4.78, 5) is 20.1. The van der Waals surface area contributed by atoms with Crippen molar-refractivity contribution in [1.82, 2.24) is 19.4 Å². The fourth-order valence-electron chi connectivity index (χ4n) is 2.22. The highest BCUT2D eigenvalue weighted by atomic mass is 16.2. The molecule has 0 aliphatic carbocycles. The molecule has 5 heteroatoms. The lowest BCUT2D eigenvalue weighted by atomic mass is 10.2. The van der Waals surface area contributed by atoms with Crippen molar-refractivity contribution >= 4 is 5.91 Å². The van der Waals surface area contributed by atoms with Crippen molar-refractivity contribution in [2.24, 2.45) is 0 Å². The third kappa shape index (κ3) is 3.44. The molecular formula is C14H22N4O. The Kier molecular flexibility index (Phi) is 4.37. The lowest BCUT2D eigenvalue weighted by molar-refractivity contribution is -0.127. The van der Waals surface area contributed by atoms with Crippen LogP contribution in [0.4, 0.5) is 0 Å². The summed E-state index contributed by atoms with van der Waals surface area (Å²) in [6, 6.07) is 0. The van der Waals surface area contributed by atoms with Crippen LogP contribution in [0.1, 0.15) is 25.5 Å². The molecule has 1 saturated heterocycles. The van der Waals surface area contributed by atoms with Gasteiger partial charge in [0.25, 0.3) is 0 Å². The van der Waals surface area contributed by atoms with Gasteiger partial charge in [0.2, 0.25) is 5.91 Å². The van der Waals surface area contributed by atoms with Crippen molar-refractivity contribution in [2.45, 2.75) is 26.4 Å². The summed E-state index contributed by atoms with van der Waals surface area (Å²) in [5.41, 5.74) is 1.13. The molecule has 1 aromatic heterocycles. The fourth-order valence-corrected chi connectivity index (χ4v) is 2.22. The van der Waals surface area contributed by atoms with Gasteiger partial charge in [-0.1, -0.05) is 20.4 Å². The number of hydrogen-bond donors (Lipinski definition) is 0. The molecule has 0 aromatic carbocycles. The Bertz CT molecular complexity index is 444. The number of nitrogens with zero attached hydrogens (tertiary/aromatic N) is 4. The van der Waals surface area contributed by atoms with Crippen LogP contribution in [0, 0.1) is 0 Å². The van der Waals surface area contributed by atoms with Crippen LogP contribution in [-0.2, 0) is 11.5 Å². The number of aromatic nitrogens is 2. The van der Waals surface area contributed by atoms with Gasteiger partial charge in [0, 0.05) is 32.4 Å². The van der Waals surface area contributed by atoms with Gasteiger partial charge >= 0.3 is 0 Å². The quantitative estimate of drug-likeness (QED) is 0.768. The zero-order chi connectivity index (χ0) is 13.8. The smallest absolute Gasteiger partial charge is 0.246 e. The van der Waals surface area contributed by atoms with Gasteiger partial charge in [-0.15, -0.1) is 0 Å². The van der Waals surface area contributed by atoms with Gasteiger partial charge in [0.1, 0.15) is 0 Å². The van der Waals surface area contributed by atoms with E-state index in [1.54, 1.807) is 0 Å². The molecular weight excluding hydrogens is 240 g/mol. The standard InChI is InChI=1S/C14H22N4O/c1-4-14(19)18-7-5-16(6-8-18)11-17-9-13(12(2)3)15-10-17/h4,9-10,12H,1,5-8,11H2,2-3H3. The average Bonchev–Trinajstić information content (AvgIpc) is 2.87. The molecule has 5 nitrogen and oxygen atoms in total. The van der Waals surface area contributed by atoms with Crippen LogP contribution in [0.2, 0.25) is 0 Å². The lowest BCUT2D eigenvalue weighted by Gasteiger charge is -2.34. The summed E-state index contributed by atoms with van der Waals surface area (Å²) in [5, 5.41) is 0. The van der Waals surface area contributed by atoms with E-state index >= 15 is 0 Å². The molecule has 1 amide bonds. The van der Waals surface area contributed by atoms with Crippen molar-refractivity contribution < 1.29 is 4.79 Å². The van der Waals surface area contributed by atoms with Gasteiger partial charge in [-0.3, -0.25) is 9.69 Å². The number of hydrogen-bond acceptors (Lipinski definition) is 3. The summed E-state index contributed by atoms with van der Waals surface area (Å²) >= 11 is 0.